The maximum Gasteiger partial charge on any atom is 0.177 e. The van der Waals surface area contributed by atoms with E-state index < -0.39 is 66.5 Å². The second-order valence-electron chi connectivity index (χ2n) is 47.7. The Bertz CT molecular complexity index is 3090. The van der Waals surface area contributed by atoms with Crippen molar-refractivity contribution in [2.75, 3.05) is 26.4 Å². The molecule has 5 saturated carbocycles. The fraction of sp³-hybridized carbons (Fsp3) is 0.957. The van der Waals surface area contributed by atoms with Gasteiger partial charge in [-0.15, -0.1) is 0 Å². The number of hydrogen-bond acceptors (Lipinski definition) is 16. The van der Waals surface area contributed by atoms with Crippen LogP contribution in [0.2, 0.25) is 159 Å². The minimum atomic E-state index is -1.73. The highest BCUT2D eigenvalue weighted by molar-refractivity contribution is 6.87. The van der Waals surface area contributed by atoms with Gasteiger partial charge in [0.25, 0.3) is 0 Å². The predicted molar refractivity (Wildman–Crippen MR) is 524 cm³/mol. The fourth-order valence-electron chi connectivity index (χ4n) is 22.9. The first-order valence-electron chi connectivity index (χ1n) is 49.3. The van der Waals surface area contributed by atoms with Gasteiger partial charge in [0.05, 0.1) is 109 Å². The van der Waals surface area contributed by atoms with Gasteiger partial charge in [0, 0.05) is 0 Å². The Balaban J connectivity index is 0.000000173. The predicted octanol–water partition coefficient (Wildman–Crippen LogP) is 23.6. The number of fused-ring (bicyclic) bond motifs is 7. The van der Waals surface area contributed by atoms with Gasteiger partial charge < -0.3 is 72.7 Å². The van der Waals surface area contributed by atoms with Crippen LogP contribution in [0.3, 0.4) is 0 Å². The summed E-state index contributed by atoms with van der Waals surface area (Å²) >= 11 is 0. The van der Waals surface area contributed by atoms with E-state index in [4.69, 9.17) is 72.7 Å². The molecule has 26 heteroatoms. The van der Waals surface area contributed by atoms with Crippen LogP contribution >= 0.6 is 0 Å². The van der Waals surface area contributed by atoms with Gasteiger partial charge in [0.1, 0.15) is 20.2 Å². The number of hydrogen-bond donors (Lipinski definition) is 0. The van der Waals surface area contributed by atoms with Crippen molar-refractivity contribution < 1.29 is 72.7 Å². The number of ether oxygens (including phenoxy) is 11. The van der Waals surface area contributed by atoms with Crippen LogP contribution in [-0.2, 0) is 72.7 Å². The summed E-state index contributed by atoms with van der Waals surface area (Å²) in [6.07, 6.45) is 38.3. The van der Waals surface area contributed by atoms with Crippen molar-refractivity contribution >= 4 is 86.8 Å². The Morgan fingerprint density at radius 3 is 1.18 bits per heavy atom. The first kappa shape index (κ1) is 105. The molecular formula is C94H188O16Si10. The molecule has 0 aromatic rings. The highest BCUT2D eigenvalue weighted by Crippen LogP contribution is 2.71. The molecule has 14 fully saturated rings. The third-order valence-corrected chi connectivity index (χ3v) is 64.0. The van der Waals surface area contributed by atoms with Crippen molar-refractivity contribution in [3.05, 3.63) is 23.3 Å². The lowest BCUT2D eigenvalue weighted by molar-refractivity contribution is -0.0438. The summed E-state index contributed by atoms with van der Waals surface area (Å²) in [7, 11) is -12.3. The molecule has 19 unspecified atom stereocenters. The summed E-state index contributed by atoms with van der Waals surface area (Å²) in [5.74, 6) is 5.97. The molecule has 5 aliphatic carbocycles. The number of rotatable bonds is 41. The van der Waals surface area contributed by atoms with Crippen LogP contribution < -0.4 is 0 Å². The average molecular weight is 1860 g/mol. The number of epoxide rings is 7. The largest absolute Gasteiger partial charge is 0.468 e. The van der Waals surface area contributed by atoms with Crippen LogP contribution in [-0.4, -0.2) is 208 Å². The van der Waals surface area contributed by atoms with Gasteiger partial charge in [-0.05, 0) is 399 Å². The molecule has 19 atom stereocenters. The second-order valence-corrected chi connectivity index (χ2v) is 85.7. The van der Waals surface area contributed by atoms with E-state index in [2.05, 4.69) is 227 Å². The van der Waals surface area contributed by atoms with Crippen LogP contribution in [0, 0.1) is 41.4 Å². The third-order valence-electron chi connectivity index (χ3n) is 30.8. The summed E-state index contributed by atoms with van der Waals surface area (Å²) in [4.78, 5) is 0. The molecule has 0 amide bonds. The zero-order chi connectivity index (χ0) is 88.9. The van der Waals surface area contributed by atoms with Crippen LogP contribution in [0.5, 0.6) is 0 Å². The van der Waals surface area contributed by atoms with Gasteiger partial charge in [-0.1, -0.05) is 76.3 Å². The van der Waals surface area contributed by atoms with E-state index in [-0.39, 0.29) is 55.9 Å². The van der Waals surface area contributed by atoms with Crippen molar-refractivity contribution in [1.82, 2.24) is 0 Å². The Morgan fingerprint density at radius 2 is 0.817 bits per heavy atom. The first-order chi connectivity index (χ1) is 55.5. The Morgan fingerprint density at radius 1 is 0.442 bits per heavy atom. The SMILES string of the molecule is C/C(=C\C[Si](C)(C)O[Si](C)(C)CC/C(C)=C/CC1OC1(C)C)CCC1OC1(C)C.CC(CCC1OC1(C)C)CC[Si](C)(C)O[Si](C)(C)CCC(C)CCC1OC1(C)C.CC1OC12CC1CC2C([Si](C)(C)O[Si](C)(C)C2CC3CC2C2(C3)OC2C)C1.CCCC1CCC2OC2C1.C[SiH2]O[SiH3].C[Si](C)(CCC1OCCO1)O[Si](C)(C)CCC1OCCO1. The third kappa shape index (κ3) is 32.4. The molecule has 4 bridgehead atoms. The van der Waals surface area contributed by atoms with E-state index in [1.807, 2.05) is 0 Å². The maximum absolute atomic E-state index is 7.38. The average Bonchev–Trinajstić information content (AvgIpc) is 1.53. The summed E-state index contributed by atoms with van der Waals surface area (Å²) in [5, 5.41) is 0. The fourth-order valence-corrected chi connectivity index (χ4v) is 60.5. The quantitative estimate of drug-likeness (QED) is 0.0321. The van der Waals surface area contributed by atoms with E-state index in [0.29, 0.717) is 48.8 Å². The molecule has 700 valence electrons. The van der Waals surface area contributed by atoms with Crippen LogP contribution in [0.25, 0.3) is 0 Å². The van der Waals surface area contributed by atoms with Crippen LogP contribution in [0.4, 0.5) is 0 Å². The summed E-state index contributed by atoms with van der Waals surface area (Å²) in [6, 6.07) is 7.09. The summed E-state index contributed by atoms with van der Waals surface area (Å²) < 4.78 is 95.3. The summed E-state index contributed by atoms with van der Waals surface area (Å²) in [6.45, 7) is 77.6. The van der Waals surface area contributed by atoms with Gasteiger partial charge in [0.2, 0.25) is 0 Å². The molecule has 14 rings (SSSR count). The molecule has 2 spiro atoms. The lowest BCUT2D eigenvalue weighted by atomic mass is 9.86. The molecule has 0 aromatic heterocycles. The first-order valence-corrected chi connectivity index (χ1v) is 76.8. The van der Waals surface area contributed by atoms with E-state index >= 15 is 0 Å². The van der Waals surface area contributed by atoms with Crippen LogP contribution in [0.15, 0.2) is 23.3 Å². The molecule has 9 saturated heterocycles. The molecule has 120 heavy (non-hydrogen) atoms. The van der Waals surface area contributed by atoms with E-state index in [1.54, 1.807) is 0 Å². The Kier molecular flexibility index (Phi) is 37.1. The molecule has 9 heterocycles. The van der Waals surface area contributed by atoms with Crippen molar-refractivity contribution in [3.63, 3.8) is 0 Å². The second kappa shape index (κ2) is 42.5. The molecule has 9 aliphatic heterocycles. The van der Waals surface area contributed by atoms with Crippen LogP contribution in [0.1, 0.15) is 252 Å². The zero-order valence-electron chi connectivity index (χ0n) is 83.7. The minimum absolute atomic E-state index is 0.00885. The molecule has 16 nitrogen and oxygen atoms in total. The molecule has 0 radical (unpaired) electrons. The molecule has 14 aliphatic rings. The molecule has 0 aromatic carbocycles. The van der Waals surface area contributed by atoms with E-state index in [9.17, 15) is 0 Å². The van der Waals surface area contributed by atoms with Gasteiger partial charge in [-0.3, -0.25) is 0 Å². The van der Waals surface area contributed by atoms with Gasteiger partial charge >= 0.3 is 0 Å². The topological polar surface area (TPSA) is 171 Å². The van der Waals surface area contributed by atoms with Crippen molar-refractivity contribution in [1.29, 1.82) is 0 Å². The molecule has 0 N–H and O–H groups in total. The van der Waals surface area contributed by atoms with E-state index in [1.165, 1.54) is 138 Å². The monoisotopic (exact) mass is 1850 g/mol. The highest BCUT2D eigenvalue weighted by Gasteiger charge is 2.73. The highest BCUT2D eigenvalue weighted by atomic mass is 28.4. The standard InChI is InChI=1S/C24H50O3Si2.C24H46O3Si2.C22H38O3Si2.C14H30O5Si2.C9H16O.CH8OSi2/c2*1-19(11-13-21-23(3,4)25-21)15-17-28(7,8)27-29(9,10)18-16-20(2)12-14-22-24(5,6)26-22;1-13-21(23-13)11-15-7-17(21)19(9-15)26(3,4)25-27(5,6)20-10-16-8-18(20)22(12-16)14(2)24-22;1-20(2,11-5-13-15-7-8-16-13)19-21(3,4)12-6-14-17-9-10-18-14;1-2-3-7-4-5-8-9(6-7)10-8;1-4-2-3/h19-22H,11-18H2,1-10H3;11,16,21-22H,12-15,17-18H2,1-10H3;13-20H,7-12H2,1-6H3;13-14H,5-12H2,1-4H3;7-9H,2-6H2,1H3;4H2,1,3H3/b;19-11+,20-16+;;;;. The lowest BCUT2D eigenvalue weighted by Crippen LogP contribution is -2.54. The summed E-state index contributed by atoms with van der Waals surface area (Å²) in [5.41, 5.74) is 5.63. The van der Waals surface area contributed by atoms with Crippen molar-refractivity contribution in [2.45, 2.75) is 505 Å². The molecular weight excluding hydrogens is 1670 g/mol. The van der Waals surface area contributed by atoms with E-state index in [0.717, 1.165) is 146 Å². The number of allylic oxidation sites excluding steroid dienone is 3. The lowest BCUT2D eigenvalue weighted by Gasteiger charge is -2.46. The maximum atomic E-state index is 7.38. The zero-order valence-corrected chi connectivity index (χ0v) is 95.1. The smallest absolute Gasteiger partial charge is 0.177 e. The normalized spacial score (nSPS) is 34.1. The van der Waals surface area contributed by atoms with Gasteiger partial charge in [0.15, 0.2) is 79.1 Å². The van der Waals surface area contributed by atoms with Gasteiger partial charge in [-0.2, -0.15) is 0 Å². The Hall–Kier alpha value is 1.01. The minimum Gasteiger partial charge on any atom is -0.468 e. The van der Waals surface area contributed by atoms with Crippen molar-refractivity contribution in [2.24, 2.45) is 41.4 Å². The van der Waals surface area contributed by atoms with Crippen molar-refractivity contribution in [3.8, 4) is 0 Å². The Labute approximate surface area is 750 Å². The van der Waals surface area contributed by atoms with Gasteiger partial charge in [-0.25, -0.2) is 0 Å².